The average Bonchev–Trinajstić information content (AvgIpc) is 3.21. The summed E-state index contributed by atoms with van der Waals surface area (Å²) in [6, 6.07) is 11.5. The van der Waals surface area contributed by atoms with E-state index < -0.39 is 43.8 Å². The molecule has 0 unspecified atom stereocenters. The predicted octanol–water partition coefficient (Wildman–Crippen LogP) is 7.59. The normalized spacial score (nSPS) is 17.5. The van der Waals surface area contributed by atoms with Crippen LogP contribution >= 0.6 is 20.2 Å². The molecule has 2 nitrogen and oxygen atoms in total. The second-order valence-electron chi connectivity index (χ2n) is 6.92. The number of hydrogen-bond acceptors (Lipinski definition) is 2. The number of para-hydroxylation sites is 1. The summed E-state index contributed by atoms with van der Waals surface area (Å²) in [5.41, 5.74) is -4.75. The van der Waals surface area contributed by atoms with Gasteiger partial charge in [0.2, 0.25) is 0 Å². The predicted molar refractivity (Wildman–Crippen MR) is 108 cm³/mol. The number of furan rings is 1. The van der Waals surface area contributed by atoms with Gasteiger partial charge < -0.3 is 0 Å². The van der Waals surface area contributed by atoms with E-state index in [4.69, 9.17) is 7.48 Å². The number of fused-ring (bicyclic) bond motifs is 2. The number of alkyl halides is 6. The molecule has 2 aromatic carbocycles. The number of rotatable bonds is 4. The van der Waals surface area contributed by atoms with Gasteiger partial charge in [-0.15, -0.1) is 0 Å². The zero-order valence-corrected chi connectivity index (χ0v) is 17.9. The molecule has 0 saturated carbocycles. The molecule has 3 aromatic rings. The first-order valence-corrected chi connectivity index (χ1v) is 12.3. The van der Waals surface area contributed by atoms with Crippen molar-refractivity contribution in [3.63, 3.8) is 0 Å². The van der Waals surface area contributed by atoms with E-state index in [1.165, 1.54) is 18.2 Å². The molecule has 0 bridgehead atoms. The van der Waals surface area contributed by atoms with Gasteiger partial charge in [0, 0.05) is 0 Å². The topological polar surface area (TPSA) is 22.4 Å². The number of halogens is 7. The quantitative estimate of drug-likeness (QED) is 0.251. The molecule has 0 atom stereocenters. The van der Waals surface area contributed by atoms with Crippen LogP contribution in [0.1, 0.15) is 31.1 Å². The van der Waals surface area contributed by atoms with Gasteiger partial charge in [-0.25, -0.2) is 0 Å². The van der Waals surface area contributed by atoms with E-state index in [0.29, 0.717) is 33.1 Å². The summed E-state index contributed by atoms with van der Waals surface area (Å²) in [5.74, 6) is 0.415. The van der Waals surface area contributed by atoms with Gasteiger partial charge in [0.1, 0.15) is 0 Å². The molecule has 4 rings (SSSR count). The van der Waals surface area contributed by atoms with Gasteiger partial charge in [0.05, 0.1) is 0 Å². The van der Waals surface area contributed by atoms with Crippen LogP contribution in [0.25, 0.3) is 11.0 Å². The zero-order valence-electron chi connectivity index (χ0n) is 15.7. The third kappa shape index (κ3) is 3.12. The van der Waals surface area contributed by atoms with E-state index in [0.717, 1.165) is 12.5 Å². The summed E-state index contributed by atoms with van der Waals surface area (Å²) in [5, 5.41) is 0.517. The summed E-state index contributed by atoms with van der Waals surface area (Å²) < 4.78 is 95.3. The van der Waals surface area contributed by atoms with E-state index in [2.05, 4.69) is 0 Å². The molecule has 1 aliphatic rings. The minimum absolute atomic E-state index is 0.000603. The summed E-state index contributed by atoms with van der Waals surface area (Å²) in [6.07, 6.45) is -9.39. The van der Waals surface area contributed by atoms with Crippen molar-refractivity contribution in [2.45, 2.75) is 44.1 Å². The standard InChI is InChI=1S/C21H17F6IO2/c1-2-3-11-17-18(13-8-4-7-12-16(13)29-17)28-15-10-6-5-9-14(15)19(30-28,20(22,23)24)21(25,26)27/h4-10,12H,2-3,11H2,1H3. The second kappa shape index (κ2) is 7.44. The Kier molecular flexibility index (Phi) is 5.32. The van der Waals surface area contributed by atoms with Crippen LogP contribution in [0.3, 0.4) is 0 Å². The molecule has 1 aliphatic heterocycles. The third-order valence-electron chi connectivity index (χ3n) is 4.96. The van der Waals surface area contributed by atoms with Crippen molar-refractivity contribution in [2.24, 2.45) is 0 Å². The first-order chi connectivity index (χ1) is 14.1. The molecular formula is C21H17F6IO2. The van der Waals surface area contributed by atoms with Crippen LogP contribution in [0.4, 0.5) is 26.3 Å². The van der Waals surface area contributed by atoms with Crippen molar-refractivity contribution < 1.29 is 33.8 Å². The molecule has 0 radical (unpaired) electrons. The Morgan fingerprint density at radius 3 is 2.20 bits per heavy atom. The van der Waals surface area contributed by atoms with Crippen LogP contribution in [0.5, 0.6) is 0 Å². The van der Waals surface area contributed by atoms with Crippen molar-refractivity contribution >= 4 is 31.2 Å². The molecule has 9 heteroatoms. The van der Waals surface area contributed by atoms with Crippen LogP contribution in [0, 0.1) is 7.14 Å². The van der Waals surface area contributed by atoms with E-state index in [-0.39, 0.29) is 3.57 Å². The zero-order chi connectivity index (χ0) is 21.7. The van der Waals surface area contributed by atoms with Gasteiger partial charge >= 0.3 is 176 Å². The van der Waals surface area contributed by atoms with E-state index in [1.54, 1.807) is 24.3 Å². The maximum atomic E-state index is 14.0. The van der Waals surface area contributed by atoms with Crippen LogP contribution in [-0.4, -0.2) is 12.4 Å². The Morgan fingerprint density at radius 1 is 0.900 bits per heavy atom. The van der Waals surface area contributed by atoms with Crippen LogP contribution in [0.15, 0.2) is 52.9 Å². The van der Waals surface area contributed by atoms with E-state index in [9.17, 15) is 26.3 Å². The van der Waals surface area contributed by atoms with Crippen molar-refractivity contribution in [1.82, 2.24) is 0 Å². The van der Waals surface area contributed by atoms with Crippen LogP contribution in [0.2, 0.25) is 0 Å². The number of benzene rings is 2. The number of hydrogen-bond donors (Lipinski definition) is 0. The summed E-state index contributed by atoms with van der Waals surface area (Å²) in [6.45, 7) is 1.95. The van der Waals surface area contributed by atoms with Gasteiger partial charge in [0.25, 0.3) is 0 Å². The fraction of sp³-hybridized carbons (Fsp3) is 0.333. The van der Waals surface area contributed by atoms with Crippen LogP contribution < -0.4 is 0 Å². The average molecular weight is 542 g/mol. The molecule has 0 saturated heterocycles. The van der Waals surface area contributed by atoms with E-state index >= 15 is 0 Å². The van der Waals surface area contributed by atoms with Crippen LogP contribution in [-0.2, 0) is 15.1 Å². The molecule has 0 amide bonds. The molecule has 2 heterocycles. The van der Waals surface area contributed by atoms with Gasteiger partial charge in [-0.2, -0.15) is 0 Å². The minimum atomic E-state index is -5.66. The Hall–Kier alpha value is -1.75. The summed E-state index contributed by atoms with van der Waals surface area (Å²) >= 11 is -3.61. The Morgan fingerprint density at radius 2 is 1.53 bits per heavy atom. The van der Waals surface area contributed by atoms with E-state index in [1.807, 2.05) is 6.92 Å². The monoisotopic (exact) mass is 542 g/mol. The fourth-order valence-corrected chi connectivity index (χ4v) is 9.50. The number of unbranched alkanes of at least 4 members (excludes halogenated alkanes) is 1. The Bertz CT molecular complexity index is 1060. The molecule has 0 aliphatic carbocycles. The summed E-state index contributed by atoms with van der Waals surface area (Å²) in [4.78, 5) is 0. The molecule has 30 heavy (non-hydrogen) atoms. The Balaban J connectivity index is 1.98. The maximum absolute atomic E-state index is 14.0. The van der Waals surface area contributed by atoms with Crippen molar-refractivity contribution in [3.8, 4) is 0 Å². The second-order valence-corrected chi connectivity index (χ2v) is 11.0. The molecule has 1 aromatic heterocycles. The molecule has 0 N–H and O–H groups in total. The first-order valence-electron chi connectivity index (χ1n) is 9.24. The SMILES string of the molecule is CCCCc1oc2ccccc2c1I1OC(C(F)(F)F)(C(F)(F)F)c2ccccc21. The van der Waals surface area contributed by atoms with Crippen molar-refractivity contribution in [1.29, 1.82) is 0 Å². The van der Waals surface area contributed by atoms with Crippen molar-refractivity contribution in [3.05, 3.63) is 67.0 Å². The Labute approximate surface area is 176 Å². The first kappa shape index (κ1) is 21.5. The number of aryl methyl sites for hydroxylation is 1. The van der Waals surface area contributed by atoms with Gasteiger partial charge in [-0.05, 0) is 0 Å². The third-order valence-corrected chi connectivity index (χ3v) is 10.2. The van der Waals surface area contributed by atoms with Crippen molar-refractivity contribution in [2.75, 3.05) is 0 Å². The molecule has 0 fully saturated rings. The van der Waals surface area contributed by atoms with Gasteiger partial charge in [-0.3, -0.25) is 0 Å². The fourth-order valence-electron chi connectivity index (χ4n) is 3.54. The molecular weight excluding hydrogens is 525 g/mol. The van der Waals surface area contributed by atoms with Gasteiger partial charge in [0.15, 0.2) is 0 Å². The molecule has 162 valence electrons. The summed E-state index contributed by atoms with van der Waals surface area (Å²) in [7, 11) is 0. The van der Waals surface area contributed by atoms with Gasteiger partial charge in [-0.1, -0.05) is 0 Å². The molecule has 0 spiro atoms.